The predicted octanol–water partition coefficient (Wildman–Crippen LogP) is 1.46. The van der Waals surface area contributed by atoms with Crippen LogP contribution in [0.3, 0.4) is 0 Å². The average molecular weight is 228 g/mol. The molecule has 2 rings (SSSR count). The molecule has 5 heteroatoms. The fraction of sp³-hybridized carbons (Fsp3) is 0. The number of nitrogens with zero attached hydrogens (tertiary/aromatic N) is 2. The summed E-state index contributed by atoms with van der Waals surface area (Å²) in [6, 6.07) is 10.2. The van der Waals surface area contributed by atoms with Gasteiger partial charge in [-0.3, -0.25) is 0 Å². The van der Waals surface area contributed by atoms with Crippen molar-refractivity contribution >= 4 is 12.1 Å². The first-order chi connectivity index (χ1) is 8.25. The van der Waals surface area contributed by atoms with Crippen LogP contribution in [-0.4, -0.2) is 22.1 Å². The number of rotatable bonds is 3. The summed E-state index contributed by atoms with van der Waals surface area (Å²) >= 11 is 0. The molecule has 0 fully saturated rings. The molecule has 0 atom stereocenters. The van der Waals surface area contributed by atoms with Crippen molar-refractivity contribution in [1.29, 1.82) is 0 Å². The second kappa shape index (κ2) is 4.98. The van der Waals surface area contributed by atoms with Crippen LogP contribution in [0.25, 0.3) is 0 Å². The number of phenolic OH excluding ortho intramolecular Hbond substituents is 1. The molecule has 0 amide bonds. The third kappa shape index (κ3) is 2.94. The standard InChI is InChI=1S/C12H12N4O/c13-12(9-3-5-11(17)6-4-9)16-15-8-10-2-1-7-14-10/h1-8,14,17H,(H2,13,16). The van der Waals surface area contributed by atoms with Gasteiger partial charge in [0.1, 0.15) is 5.75 Å². The zero-order valence-corrected chi connectivity index (χ0v) is 9.04. The number of nitrogens with two attached hydrogens (primary N) is 1. The Morgan fingerprint density at radius 2 is 2.00 bits per heavy atom. The lowest BCUT2D eigenvalue weighted by Crippen LogP contribution is -2.12. The first-order valence-corrected chi connectivity index (χ1v) is 5.05. The molecular weight excluding hydrogens is 216 g/mol. The minimum atomic E-state index is 0.191. The van der Waals surface area contributed by atoms with Crippen LogP contribution >= 0.6 is 0 Å². The van der Waals surface area contributed by atoms with Gasteiger partial charge in [-0.1, -0.05) is 0 Å². The highest BCUT2D eigenvalue weighted by Crippen LogP contribution is 2.09. The van der Waals surface area contributed by atoms with Gasteiger partial charge >= 0.3 is 0 Å². The Morgan fingerprint density at radius 3 is 2.65 bits per heavy atom. The molecule has 1 aromatic carbocycles. The van der Waals surface area contributed by atoms with Crippen LogP contribution in [0, 0.1) is 0 Å². The molecule has 1 aromatic heterocycles. The first kappa shape index (κ1) is 10.9. The number of amidine groups is 1. The van der Waals surface area contributed by atoms with E-state index in [1.165, 1.54) is 0 Å². The third-order valence-electron chi connectivity index (χ3n) is 2.15. The molecule has 0 saturated heterocycles. The van der Waals surface area contributed by atoms with Gasteiger partial charge in [-0.05, 0) is 36.4 Å². The minimum absolute atomic E-state index is 0.191. The lowest BCUT2D eigenvalue weighted by molar-refractivity contribution is 0.475. The van der Waals surface area contributed by atoms with E-state index in [0.717, 1.165) is 5.69 Å². The third-order valence-corrected chi connectivity index (χ3v) is 2.15. The lowest BCUT2D eigenvalue weighted by Gasteiger charge is -1.97. The number of hydrogen-bond acceptors (Lipinski definition) is 3. The maximum atomic E-state index is 9.13. The van der Waals surface area contributed by atoms with E-state index in [2.05, 4.69) is 15.2 Å². The summed E-state index contributed by atoms with van der Waals surface area (Å²) in [6.07, 6.45) is 3.38. The molecule has 0 saturated carbocycles. The number of phenols is 1. The number of hydrogen-bond donors (Lipinski definition) is 3. The van der Waals surface area contributed by atoms with Gasteiger partial charge < -0.3 is 15.8 Å². The Kier molecular flexibility index (Phi) is 3.20. The Morgan fingerprint density at radius 1 is 1.24 bits per heavy atom. The Balaban J connectivity index is 2.09. The average Bonchev–Trinajstić information content (AvgIpc) is 2.83. The summed E-state index contributed by atoms with van der Waals surface area (Å²) in [5.41, 5.74) is 7.30. The fourth-order valence-electron chi connectivity index (χ4n) is 1.27. The Bertz CT molecular complexity index is 526. The highest BCUT2D eigenvalue weighted by molar-refractivity contribution is 5.97. The normalized spacial score (nSPS) is 12.1. The largest absolute Gasteiger partial charge is 0.508 e. The van der Waals surface area contributed by atoms with Gasteiger partial charge in [0.25, 0.3) is 0 Å². The number of aromatic amines is 1. The van der Waals surface area contributed by atoms with Crippen LogP contribution in [-0.2, 0) is 0 Å². The molecule has 0 radical (unpaired) electrons. The molecule has 2 aromatic rings. The summed E-state index contributed by atoms with van der Waals surface area (Å²) < 4.78 is 0. The van der Waals surface area contributed by atoms with E-state index < -0.39 is 0 Å². The maximum Gasteiger partial charge on any atom is 0.153 e. The van der Waals surface area contributed by atoms with Gasteiger partial charge in [0.15, 0.2) is 5.84 Å². The number of nitrogens with one attached hydrogen (secondary N) is 1. The van der Waals surface area contributed by atoms with E-state index in [0.29, 0.717) is 11.4 Å². The van der Waals surface area contributed by atoms with Crippen LogP contribution in [0.2, 0.25) is 0 Å². The molecule has 17 heavy (non-hydrogen) atoms. The van der Waals surface area contributed by atoms with Crippen LogP contribution in [0.1, 0.15) is 11.3 Å². The second-order valence-corrected chi connectivity index (χ2v) is 3.40. The molecule has 0 unspecified atom stereocenters. The van der Waals surface area contributed by atoms with Crippen molar-refractivity contribution in [3.63, 3.8) is 0 Å². The van der Waals surface area contributed by atoms with Gasteiger partial charge in [0.2, 0.25) is 0 Å². The minimum Gasteiger partial charge on any atom is -0.508 e. The molecule has 4 N–H and O–H groups in total. The fourth-order valence-corrected chi connectivity index (χ4v) is 1.27. The van der Waals surface area contributed by atoms with Crippen LogP contribution in [0.15, 0.2) is 52.8 Å². The lowest BCUT2D eigenvalue weighted by atomic mass is 10.2. The van der Waals surface area contributed by atoms with Crippen LogP contribution < -0.4 is 5.73 Å². The van der Waals surface area contributed by atoms with Gasteiger partial charge in [-0.15, -0.1) is 5.10 Å². The van der Waals surface area contributed by atoms with E-state index in [9.17, 15) is 0 Å². The first-order valence-electron chi connectivity index (χ1n) is 5.05. The summed E-state index contributed by atoms with van der Waals surface area (Å²) in [5, 5.41) is 16.8. The number of aromatic hydroxyl groups is 1. The summed E-state index contributed by atoms with van der Waals surface area (Å²) in [6.45, 7) is 0. The van der Waals surface area contributed by atoms with Crippen molar-refractivity contribution in [2.45, 2.75) is 0 Å². The predicted molar refractivity (Wildman–Crippen MR) is 67.2 cm³/mol. The van der Waals surface area contributed by atoms with Crippen molar-refractivity contribution < 1.29 is 5.11 Å². The second-order valence-electron chi connectivity index (χ2n) is 3.40. The van der Waals surface area contributed by atoms with E-state index in [1.807, 2.05) is 12.1 Å². The van der Waals surface area contributed by atoms with Gasteiger partial charge in [-0.25, -0.2) is 0 Å². The Labute approximate surface area is 98.3 Å². The van der Waals surface area contributed by atoms with E-state index in [-0.39, 0.29) is 5.75 Å². The molecule has 0 aliphatic carbocycles. The highest BCUT2D eigenvalue weighted by atomic mass is 16.3. The highest BCUT2D eigenvalue weighted by Gasteiger charge is 1.97. The molecule has 86 valence electrons. The van der Waals surface area contributed by atoms with Crippen LogP contribution in [0.5, 0.6) is 5.75 Å². The van der Waals surface area contributed by atoms with Crippen molar-refractivity contribution in [2.24, 2.45) is 15.9 Å². The summed E-state index contributed by atoms with van der Waals surface area (Å²) in [7, 11) is 0. The number of benzene rings is 1. The van der Waals surface area contributed by atoms with Gasteiger partial charge in [0.05, 0.1) is 11.9 Å². The molecule has 1 heterocycles. The quantitative estimate of drug-likeness (QED) is 0.422. The van der Waals surface area contributed by atoms with E-state index in [4.69, 9.17) is 10.8 Å². The molecule has 0 aliphatic heterocycles. The molecule has 0 aliphatic rings. The maximum absolute atomic E-state index is 9.13. The van der Waals surface area contributed by atoms with Crippen LogP contribution in [0.4, 0.5) is 0 Å². The molecule has 0 bridgehead atoms. The van der Waals surface area contributed by atoms with Crippen molar-refractivity contribution in [3.05, 3.63) is 53.9 Å². The SMILES string of the molecule is NC(=NN=Cc1ccc[nH]1)c1ccc(O)cc1. The summed E-state index contributed by atoms with van der Waals surface area (Å²) in [4.78, 5) is 2.97. The molecule has 5 nitrogen and oxygen atoms in total. The Hall–Kier alpha value is -2.56. The van der Waals surface area contributed by atoms with Gasteiger partial charge in [0, 0.05) is 11.8 Å². The number of H-pyrrole nitrogens is 1. The molecule has 0 spiro atoms. The molecular formula is C12H12N4O. The zero-order valence-electron chi connectivity index (χ0n) is 9.04. The van der Waals surface area contributed by atoms with Crippen molar-refractivity contribution in [1.82, 2.24) is 4.98 Å². The van der Waals surface area contributed by atoms with E-state index >= 15 is 0 Å². The van der Waals surface area contributed by atoms with Crippen molar-refractivity contribution in [3.8, 4) is 5.75 Å². The smallest absolute Gasteiger partial charge is 0.153 e. The van der Waals surface area contributed by atoms with Crippen molar-refractivity contribution in [2.75, 3.05) is 0 Å². The van der Waals surface area contributed by atoms with Gasteiger partial charge in [-0.2, -0.15) is 5.10 Å². The van der Waals surface area contributed by atoms with E-state index in [1.54, 1.807) is 36.7 Å². The monoisotopic (exact) mass is 228 g/mol. The summed E-state index contributed by atoms with van der Waals surface area (Å²) in [5.74, 6) is 0.490. The topological polar surface area (TPSA) is 86.8 Å². The zero-order chi connectivity index (χ0) is 12.1. The number of aromatic nitrogens is 1.